The van der Waals surface area contributed by atoms with Gasteiger partial charge in [0.2, 0.25) is 5.76 Å². The highest BCUT2D eigenvalue weighted by Gasteiger charge is 2.12. The first-order valence-electron chi connectivity index (χ1n) is 6.05. The summed E-state index contributed by atoms with van der Waals surface area (Å²) in [5, 5.41) is 8.76. The third-order valence-electron chi connectivity index (χ3n) is 2.63. The third-order valence-corrected chi connectivity index (χ3v) is 2.63. The molecule has 0 amide bonds. The quantitative estimate of drug-likeness (QED) is 0.707. The highest BCUT2D eigenvalue weighted by Crippen LogP contribution is 2.15. The van der Waals surface area contributed by atoms with Crippen molar-refractivity contribution in [3.63, 3.8) is 0 Å². The molecular weight excluding hydrogens is 220 g/mol. The van der Waals surface area contributed by atoms with Crippen molar-refractivity contribution in [2.45, 2.75) is 46.1 Å². The summed E-state index contributed by atoms with van der Waals surface area (Å²) in [6.45, 7) is 5.06. The number of hydrogen-bond donors (Lipinski definition) is 1. The lowest BCUT2D eigenvalue weighted by molar-refractivity contribution is 0.0661. The fourth-order valence-electron chi connectivity index (χ4n) is 1.58. The Hall–Kier alpha value is -1.29. The minimum Gasteiger partial charge on any atom is -0.475 e. The summed E-state index contributed by atoms with van der Waals surface area (Å²) in [7, 11) is 0. The van der Waals surface area contributed by atoms with E-state index in [-0.39, 0.29) is 5.76 Å². The fraction of sp³-hybridized carbons (Fsp3) is 0.615. The molecule has 0 aromatic carbocycles. The zero-order valence-corrected chi connectivity index (χ0v) is 10.5. The number of unbranched alkanes of at least 4 members (excludes halogenated alkanes) is 3. The minimum absolute atomic E-state index is 0.0212. The molecule has 0 fully saturated rings. The summed E-state index contributed by atoms with van der Waals surface area (Å²) in [4.78, 5) is 10.7. The van der Waals surface area contributed by atoms with Gasteiger partial charge in [-0.1, -0.05) is 26.2 Å². The van der Waals surface area contributed by atoms with Gasteiger partial charge in [0.05, 0.1) is 6.61 Å². The van der Waals surface area contributed by atoms with Crippen LogP contribution in [0, 0.1) is 6.92 Å². The largest absolute Gasteiger partial charge is 0.475 e. The molecule has 0 aliphatic rings. The van der Waals surface area contributed by atoms with Crippen molar-refractivity contribution in [3.05, 3.63) is 23.2 Å². The van der Waals surface area contributed by atoms with E-state index in [1.165, 1.54) is 25.3 Å². The molecule has 96 valence electrons. The van der Waals surface area contributed by atoms with Gasteiger partial charge in [-0.15, -0.1) is 0 Å². The standard InChI is InChI=1S/C13H20O4/c1-3-4-5-6-7-16-9-11-8-12(13(14)15)17-10(11)2/h8H,3-7,9H2,1-2H3,(H,14,15). The molecule has 0 atom stereocenters. The average molecular weight is 240 g/mol. The Balaban J connectivity index is 2.29. The van der Waals surface area contributed by atoms with Crippen molar-refractivity contribution >= 4 is 5.97 Å². The number of furan rings is 1. The first kappa shape index (κ1) is 13.8. The molecule has 0 unspecified atom stereocenters. The molecule has 4 nitrogen and oxygen atoms in total. The molecule has 1 N–H and O–H groups in total. The van der Waals surface area contributed by atoms with Crippen molar-refractivity contribution < 1.29 is 19.1 Å². The van der Waals surface area contributed by atoms with Crippen LogP contribution in [0.5, 0.6) is 0 Å². The predicted molar refractivity (Wildman–Crippen MR) is 64.2 cm³/mol. The van der Waals surface area contributed by atoms with E-state index < -0.39 is 5.97 Å². The number of carbonyl (C=O) groups is 1. The summed E-state index contributed by atoms with van der Waals surface area (Å²) < 4.78 is 10.6. The van der Waals surface area contributed by atoms with E-state index in [1.54, 1.807) is 6.92 Å². The van der Waals surface area contributed by atoms with Crippen LogP contribution in [0.3, 0.4) is 0 Å². The zero-order chi connectivity index (χ0) is 12.7. The summed E-state index contributed by atoms with van der Waals surface area (Å²) in [6, 6.07) is 1.53. The van der Waals surface area contributed by atoms with Crippen LogP contribution >= 0.6 is 0 Å². The molecular formula is C13H20O4. The lowest BCUT2D eigenvalue weighted by Crippen LogP contribution is -1.96. The van der Waals surface area contributed by atoms with Gasteiger partial charge in [0.25, 0.3) is 0 Å². The SMILES string of the molecule is CCCCCCOCc1cc(C(=O)O)oc1C. The van der Waals surface area contributed by atoms with Gasteiger partial charge in [-0.25, -0.2) is 4.79 Å². The predicted octanol–water partition coefficient (Wildman–Crippen LogP) is 3.38. The Morgan fingerprint density at radius 1 is 1.41 bits per heavy atom. The highest BCUT2D eigenvalue weighted by molar-refractivity contribution is 5.84. The van der Waals surface area contributed by atoms with E-state index in [0.29, 0.717) is 19.0 Å². The molecule has 0 bridgehead atoms. The molecule has 0 spiro atoms. The van der Waals surface area contributed by atoms with E-state index >= 15 is 0 Å². The van der Waals surface area contributed by atoms with Crippen LogP contribution < -0.4 is 0 Å². The lowest BCUT2D eigenvalue weighted by Gasteiger charge is -2.02. The van der Waals surface area contributed by atoms with Crippen molar-refractivity contribution in [2.24, 2.45) is 0 Å². The van der Waals surface area contributed by atoms with Crippen molar-refractivity contribution in [3.8, 4) is 0 Å². The first-order chi connectivity index (χ1) is 8.15. The molecule has 1 aromatic rings. The van der Waals surface area contributed by atoms with E-state index in [9.17, 15) is 4.79 Å². The second kappa shape index (κ2) is 7.12. The zero-order valence-electron chi connectivity index (χ0n) is 10.5. The molecule has 17 heavy (non-hydrogen) atoms. The molecule has 0 aliphatic heterocycles. The Morgan fingerprint density at radius 2 is 2.18 bits per heavy atom. The molecule has 0 saturated carbocycles. The molecule has 0 saturated heterocycles. The van der Waals surface area contributed by atoms with Crippen LogP contribution in [0.2, 0.25) is 0 Å². The fourth-order valence-corrected chi connectivity index (χ4v) is 1.58. The van der Waals surface area contributed by atoms with Crippen LogP contribution in [0.15, 0.2) is 10.5 Å². The van der Waals surface area contributed by atoms with Gasteiger partial charge >= 0.3 is 5.97 Å². The van der Waals surface area contributed by atoms with Crippen molar-refractivity contribution in [2.75, 3.05) is 6.61 Å². The number of ether oxygens (including phenoxy) is 1. The smallest absolute Gasteiger partial charge is 0.371 e. The second-order valence-corrected chi connectivity index (χ2v) is 4.11. The third kappa shape index (κ3) is 4.61. The topological polar surface area (TPSA) is 59.7 Å². The monoisotopic (exact) mass is 240 g/mol. The van der Waals surface area contributed by atoms with Crippen molar-refractivity contribution in [1.82, 2.24) is 0 Å². The maximum atomic E-state index is 10.7. The number of aromatic carboxylic acids is 1. The summed E-state index contributed by atoms with van der Waals surface area (Å²) in [6.07, 6.45) is 4.68. The van der Waals surface area contributed by atoms with Gasteiger partial charge in [0.1, 0.15) is 5.76 Å². The van der Waals surface area contributed by atoms with Gasteiger partial charge < -0.3 is 14.3 Å². The van der Waals surface area contributed by atoms with Crippen LogP contribution in [-0.4, -0.2) is 17.7 Å². The Morgan fingerprint density at radius 3 is 2.76 bits per heavy atom. The minimum atomic E-state index is -1.04. The summed E-state index contributed by atoms with van der Waals surface area (Å²) >= 11 is 0. The number of aryl methyl sites for hydroxylation is 1. The molecule has 0 radical (unpaired) electrons. The van der Waals surface area contributed by atoms with E-state index in [0.717, 1.165) is 12.0 Å². The Labute approximate surface area is 102 Å². The second-order valence-electron chi connectivity index (χ2n) is 4.11. The lowest BCUT2D eigenvalue weighted by atomic mass is 10.2. The van der Waals surface area contributed by atoms with Gasteiger partial charge in [-0.2, -0.15) is 0 Å². The molecule has 0 aliphatic carbocycles. The molecule has 1 heterocycles. The maximum absolute atomic E-state index is 10.7. The van der Waals surface area contributed by atoms with E-state index in [1.807, 2.05) is 0 Å². The van der Waals surface area contributed by atoms with Crippen LogP contribution in [-0.2, 0) is 11.3 Å². The summed E-state index contributed by atoms with van der Waals surface area (Å²) in [5.41, 5.74) is 0.817. The van der Waals surface area contributed by atoms with E-state index in [4.69, 9.17) is 14.3 Å². The van der Waals surface area contributed by atoms with Crippen LogP contribution in [0.1, 0.15) is 54.5 Å². The number of hydrogen-bond acceptors (Lipinski definition) is 3. The molecule has 1 aromatic heterocycles. The average Bonchev–Trinajstić information content (AvgIpc) is 2.65. The number of carboxylic acids is 1. The number of rotatable bonds is 8. The van der Waals surface area contributed by atoms with Gasteiger partial charge in [-0.3, -0.25) is 0 Å². The van der Waals surface area contributed by atoms with Gasteiger partial charge in [-0.05, 0) is 19.4 Å². The maximum Gasteiger partial charge on any atom is 0.371 e. The number of carboxylic acid groups (broad SMARTS) is 1. The first-order valence-corrected chi connectivity index (χ1v) is 6.05. The van der Waals surface area contributed by atoms with Crippen LogP contribution in [0.25, 0.3) is 0 Å². The molecule has 4 heteroatoms. The van der Waals surface area contributed by atoms with Gasteiger partial charge in [0, 0.05) is 12.2 Å². The highest BCUT2D eigenvalue weighted by atomic mass is 16.5. The Bertz CT molecular complexity index is 354. The molecule has 1 rings (SSSR count). The normalized spacial score (nSPS) is 10.7. The summed E-state index contributed by atoms with van der Waals surface area (Å²) in [5.74, 6) is -0.440. The van der Waals surface area contributed by atoms with Crippen molar-refractivity contribution in [1.29, 1.82) is 0 Å². The van der Waals surface area contributed by atoms with Crippen LogP contribution in [0.4, 0.5) is 0 Å². The Kier molecular flexibility index (Phi) is 5.77. The van der Waals surface area contributed by atoms with E-state index in [2.05, 4.69) is 6.92 Å². The van der Waals surface area contributed by atoms with Gasteiger partial charge in [0.15, 0.2) is 0 Å².